The van der Waals surface area contributed by atoms with E-state index in [0.717, 1.165) is 24.9 Å². The summed E-state index contributed by atoms with van der Waals surface area (Å²) in [6, 6.07) is 3.09. The van der Waals surface area contributed by atoms with Crippen LogP contribution >= 0.6 is 0 Å². The maximum Gasteiger partial charge on any atom is 0.308 e. The standard InChI is InChI=1S/C15H24N2O2/c1-16-9-2-3-10(16)7-12(6-9)17-11-4-5-14(17)13(8-11)15(18)19/h9-14H,2-8H2,1H3,(H,18,19). The molecule has 4 rings (SSSR count). The molecule has 0 aromatic carbocycles. The minimum atomic E-state index is -0.562. The number of carbonyl (C=O) groups is 1. The van der Waals surface area contributed by atoms with Crippen LogP contribution in [0.5, 0.6) is 0 Å². The highest BCUT2D eigenvalue weighted by Crippen LogP contribution is 2.47. The molecule has 0 aromatic heterocycles. The highest BCUT2D eigenvalue weighted by molar-refractivity contribution is 5.71. The van der Waals surface area contributed by atoms with E-state index in [0.29, 0.717) is 18.1 Å². The van der Waals surface area contributed by atoms with Crippen LogP contribution in [0.1, 0.15) is 44.9 Å². The van der Waals surface area contributed by atoms with Gasteiger partial charge in [-0.25, -0.2) is 0 Å². The second-order valence-corrected chi connectivity index (χ2v) is 7.10. The summed E-state index contributed by atoms with van der Waals surface area (Å²) in [5.41, 5.74) is 0. The van der Waals surface area contributed by atoms with Gasteiger partial charge in [-0.2, -0.15) is 0 Å². The molecule has 4 saturated heterocycles. The second kappa shape index (κ2) is 4.19. The third-order valence-corrected chi connectivity index (χ3v) is 6.40. The Bertz CT molecular complexity index is 386. The van der Waals surface area contributed by atoms with Crippen LogP contribution < -0.4 is 0 Å². The summed E-state index contributed by atoms with van der Waals surface area (Å²) in [5.74, 6) is -0.649. The van der Waals surface area contributed by atoms with Crippen LogP contribution in [0.3, 0.4) is 0 Å². The van der Waals surface area contributed by atoms with E-state index >= 15 is 0 Å². The van der Waals surface area contributed by atoms with Crippen LogP contribution in [-0.2, 0) is 4.79 Å². The average molecular weight is 264 g/mol. The number of aliphatic carboxylic acids is 1. The topological polar surface area (TPSA) is 43.8 Å². The van der Waals surface area contributed by atoms with Crippen LogP contribution in [-0.4, -0.2) is 58.1 Å². The zero-order chi connectivity index (χ0) is 13.1. The van der Waals surface area contributed by atoms with Gasteiger partial charge in [0.1, 0.15) is 0 Å². The summed E-state index contributed by atoms with van der Waals surface area (Å²) in [5, 5.41) is 9.37. The number of fused-ring (bicyclic) bond motifs is 4. The molecule has 5 unspecified atom stereocenters. The first kappa shape index (κ1) is 12.2. The van der Waals surface area contributed by atoms with E-state index < -0.39 is 5.97 Å². The molecule has 4 bridgehead atoms. The van der Waals surface area contributed by atoms with Crippen molar-refractivity contribution in [2.45, 2.75) is 75.2 Å². The van der Waals surface area contributed by atoms with Crippen LogP contribution in [0.2, 0.25) is 0 Å². The van der Waals surface area contributed by atoms with Gasteiger partial charge in [-0.3, -0.25) is 9.69 Å². The lowest BCUT2D eigenvalue weighted by atomic mass is 9.89. The van der Waals surface area contributed by atoms with E-state index in [1.54, 1.807) is 0 Å². The molecule has 4 heteroatoms. The molecule has 0 aromatic rings. The highest BCUT2D eigenvalue weighted by Gasteiger charge is 2.53. The molecule has 1 N–H and O–H groups in total. The number of carboxylic acid groups (broad SMARTS) is 1. The third kappa shape index (κ3) is 1.69. The lowest BCUT2D eigenvalue weighted by Gasteiger charge is -2.42. The van der Waals surface area contributed by atoms with Crippen LogP contribution in [0.4, 0.5) is 0 Å². The molecule has 19 heavy (non-hydrogen) atoms. The van der Waals surface area contributed by atoms with Crippen molar-refractivity contribution in [2.24, 2.45) is 5.92 Å². The number of rotatable bonds is 2. The van der Waals surface area contributed by atoms with E-state index in [4.69, 9.17) is 0 Å². The first-order chi connectivity index (χ1) is 9.15. The van der Waals surface area contributed by atoms with Crippen LogP contribution in [0.25, 0.3) is 0 Å². The maximum absolute atomic E-state index is 11.4. The molecular formula is C15H24N2O2. The summed E-state index contributed by atoms with van der Waals surface area (Å²) in [4.78, 5) is 16.6. The smallest absolute Gasteiger partial charge is 0.308 e. The quantitative estimate of drug-likeness (QED) is 0.822. The van der Waals surface area contributed by atoms with Gasteiger partial charge in [0.2, 0.25) is 0 Å². The van der Waals surface area contributed by atoms with Crippen molar-refractivity contribution < 1.29 is 9.90 Å². The summed E-state index contributed by atoms with van der Waals surface area (Å²) in [6.07, 6.45) is 8.49. The predicted molar refractivity (Wildman–Crippen MR) is 72.0 cm³/mol. The number of hydrogen-bond acceptors (Lipinski definition) is 3. The van der Waals surface area contributed by atoms with Crippen molar-refractivity contribution >= 4 is 5.97 Å². The largest absolute Gasteiger partial charge is 0.481 e. The molecule has 0 spiro atoms. The Morgan fingerprint density at radius 3 is 2.16 bits per heavy atom. The van der Waals surface area contributed by atoms with Crippen molar-refractivity contribution in [2.75, 3.05) is 7.05 Å². The summed E-state index contributed by atoms with van der Waals surface area (Å²) < 4.78 is 0. The van der Waals surface area contributed by atoms with E-state index in [2.05, 4.69) is 16.8 Å². The van der Waals surface area contributed by atoms with E-state index in [1.807, 2.05) is 0 Å². The van der Waals surface area contributed by atoms with Crippen molar-refractivity contribution in [3.05, 3.63) is 0 Å². The molecule has 0 saturated carbocycles. The minimum absolute atomic E-state index is 0.0870. The fourth-order valence-corrected chi connectivity index (χ4v) is 5.49. The summed E-state index contributed by atoms with van der Waals surface area (Å²) in [6.45, 7) is 0. The van der Waals surface area contributed by atoms with E-state index in [1.165, 1.54) is 32.1 Å². The van der Waals surface area contributed by atoms with Gasteiger partial charge < -0.3 is 10.0 Å². The van der Waals surface area contributed by atoms with Crippen molar-refractivity contribution in [3.8, 4) is 0 Å². The van der Waals surface area contributed by atoms with Gasteiger partial charge in [0.05, 0.1) is 5.92 Å². The molecule has 106 valence electrons. The Balaban J connectivity index is 1.53. The molecule has 0 amide bonds. The number of hydrogen-bond donors (Lipinski definition) is 1. The normalized spacial score (nSPS) is 49.9. The van der Waals surface area contributed by atoms with Gasteiger partial charge in [-0.1, -0.05) is 0 Å². The number of carboxylic acids is 1. The van der Waals surface area contributed by atoms with Crippen molar-refractivity contribution in [3.63, 3.8) is 0 Å². The zero-order valence-electron chi connectivity index (χ0n) is 11.7. The molecule has 4 aliphatic heterocycles. The average Bonchev–Trinajstić information content (AvgIpc) is 3.00. The molecule has 5 atom stereocenters. The van der Waals surface area contributed by atoms with Gasteiger partial charge in [-0.15, -0.1) is 0 Å². The Kier molecular flexibility index (Phi) is 2.68. The van der Waals surface area contributed by atoms with E-state index in [-0.39, 0.29) is 5.92 Å². The molecule has 4 heterocycles. The highest BCUT2D eigenvalue weighted by atomic mass is 16.4. The van der Waals surface area contributed by atoms with Gasteiger partial charge >= 0.3 is 5.97 Å². The van der Waals surface area contributed by atoms with Gasteiger partial charge in [0.25, 0.3) is 0 Å². The Morgan fingerprint density at radius 1 is 0.947 bits per heavy atom. The molecule has 4 aliphatic rings. The SMILES string of the molecule is CN1C2CCC1CC(N1C3CCC1C(C(=O)O)C3)C2. The Labute approximate surface area is 114 Å². The van der Waals surface area contributed by atoms with Gasteiger partial charge in [0, 0.05) is 30.2 Å². The van der Waals surface area contributed by atoms with Crippen molar-refractivity contribution in [1.82, 2.24) is 9.80 Å². The van der Waals surface area contributed by atoms with Gasteiger partial charge in [0.15, 0.2) is 0 Å². The number of piperidine rings is 1. The molecule has 4 nitrogen and oxygen atoms in total. The maximum atomic E-state index is 11.4. The molecular weight excluding hydrogens is 240 g/mol. The molecule has 0 aliphatic carbocycles. The minimum Gasteiger partial charge on any atom is -0.481 e. The van der Waals surface area contributed by atoms with Crippen LogP contribution in [0, 0.1) is 5.92 Å². The number of nitrogens with zero attached hydrogens (tertiary/aromatic N) is 2. The molecule has 4 fully saturated rings. The Hall–Kier alpha value is -0.610. The Morgan fingerprint density at radius 2 is 1.58 bits per heavy atom. The zero-order valence-corrected chi connectivity index (χ0v) is 11.7. The third-order valence-electron chi connectivity index (χ3n) is 6.40. The first-order valence-electron chi connectivity index (χ1n) is 7.87. The lowest BCUT2D eigenvalue weighted by Crippen LogP contribution is -2.51. The molecule has 0 radical (unpaired) electrons. The van der Waals surface area contributed by atoms with E-state index in [9.17, 15) is 9.90 Å². The first-order valence-corrected chi connectivity index (χ1v) is 7.87. The fourth-order valence-electron chi connectivity index (χ4n) is 5.49. The van der Waals surface area contributed by atoms with Crippen LogP contribution in [0.15, 0.2) is 0 Å². The monoisotopic (exact) mass is 264 g/mol. The summed E-state index contributed by atoms with van der Waals surface area (Å²) >= 11 is 0. The fraction of sp³-hybridized carbons (Fsp3) is 0.933. The lowest BCUT2D eigenvalue weighted by molar-refractivity contribution is -0.142. The predicted octanol–water partition coefficient (Wildman–Crippen LogP) is 1.55. The van der Waals surface area contributed by atoms with Crippen molar-refractivity contribution in [1.29, 1.82) is 0 Å². The second-order valence-electron chi connectivity index (χ2n) is 7.10. The summed E-state index contributed by atoms with van der Waals surface area (Å²) in [7, 11) is 2.27. The van der Waals surface area contributed by atoms with Gasteiger partial charge in [-0.05, 0) is 52.0 Å².